The van der Waals surface area contributed by atoms with Crippen LogP contribution in [0.25, 0.3) is 0 Å². The molecule has 0 heterocycles. The van der Waals surface area contributed by atoms with Crippen molar-refractivity contribution in [1.29, 1.82) is 0 Å². The van der Waals surface area contributed by atoms with Gasteiger partial charge in [-0.2, -0.15) is 9.78 Å². The number of hydrogen-bond donors (Lipinski definition) is 2. The lowest BCUT2D eigenvalue weighted by Crippen LogP contribution is -2.24. The van der Waals surface area contributed by atoms with Crippen molar-refractivity contribution in [1.82, 2.24) is 0 Å². The molecular weight excluding hydrogens is 128 g/mol. The van der Waals surface area contributed by atoms with Crippen molar-refractivity contribution in [3.63, 3.8) is 0 Å². The van der Waals surface area contributed by atoms with Crippen LogP contribution in [0.3, 0.4) is 0 Å². The van der Waals surface area contributed by atoms with Crippen molar-refractivity contribution < 1.29 is 25.1 Å². The fraction of sp³-hybridized carbons (Fsp3) is 0.750. The molecule has 5 heteroatoms. The number of carbonyl (C=O) groups is 1. The fourth-order valence-electron chi connectivity index (χ4n) is 0.303. The highest BCUT2D eigenvalue weighted by Gasteiger charge is 2.16. The molecule has 0 bridgehead atoms. The summed E-state index contributed by atoms with van der Waals surface area (Å²) in [7, 11) is 0. The van der Waals surface area contributed by atoms with Crippen molar-refractivity contribution in [2.45, 2.75) is 19.6 Å². The second kappa shape index (κ2) is 4.39. The average Bonchev–Trinajstić information content (AvgIpc) is 1.90. The first-order chi connectivity index (χ1) is 4.26. The van der Waals surface area contributed by atoms with Gasteiger partial charge in [0, 0.05) is 6.42 Å². The van der Waals surface area contributed by atoms with Crippen LogP contribution in [0, 0.1) is 0 Å². The quantitative estimate of drug-likeness (QED) is 0.329. The van der Waals surface area contributed by atoms with E-state index < -0.39 is 12.1 Å². The van der Waals surface area contributed by atoms with Gasteiger partial charge in [-0.3, -0.25) is 4.79 Å². The summed E-state index contributed by atoms with van der Waals surface area (Å²) in [4.78, 5) is 17.3. The maximum absolute atomic E-state index is 10.4. The SMILES string of the molecule is CCC(=O)C(OO)OO. The Bertz CT molecular complexity index is 87.0. The van der Waals surface area contributed by atoms with E-state index in [1.807, 2.05) is 0 Å². The zero-order chi connectivity index (χ0) is 7.28. The Morgan fingerprint density at radius 2 is 2.00 bits per heavy atom. The molecule has 0 atom stereocenters. The van der Waals surface area contributed by atoms with Crippen LogP contribution in [0.5, 0.6) is 0 Å². The smallest absolute Gasteiger partial charge is 0.281 e. The molecule has 0 aliphatic rings. The molecule has 0 spiro atoms. The molecule has 0 aromatic heterocycles. The van der Waals surface area contributed by atoms with Crippen LogP contribution >= 0.6 is 0 Å². The summed E-state index contributed by atoms with van der Waals surface area (Å²) in [6.45, 7) is 1.55. The molecule has 0 rings (SSSR count). The van der Waals surface area contributed by atoms with Crippen LogP contribution in [0.15, 0.2) is 0 Å². The van der Waals surface area contributed by atoms with Crippen molar-refractivity contribution in [2.75, 3.05) is 0 Å². The third-order valence-electron chi connectivity index (χ3n) is 0.803. The molecule has 2 N–H and O–H groups in total. The monoisotopic (exact) mass is 136 g/mol. The first-order valence-electron chi connectivity index (χ1n) is 2.39. The first-order valence-corrected chi connectivity index (χ1v) is 2.39. The van der Waals surface area contributed by atoms with Crippen LogP contribution < -0.4 is 0 Å². The zero-order valence-electron chi connectivity index (χ0n) is 4.90. The lowest BCUT2D eigenvalue weighted by molar-refractivity contribution is -0.415. The number of Topliss-reactive ketones (excluding diaryl/α,β-unsaturated/α-hetero) is 1. The van der Waals surface area contributed by atoms with E-state index >= 15 is 0 Å². The third kappa shape index (κ3) is 2.52. The second-order valence-electron chi connectivity index (χ2n) is 1.36. The molecule has 0 saturated heterocycles. The molecule has 0 saturated carbocycles. The van der Waals surface area contributed by atoms with Crippen molar-refractivity contribution >= 4 is 5.78 Å². The van der Waals surface area contributed by atoms with E-state index in [4.69, 9.17) is 10.5 Å². The van der Waals surface area contributed by atoms with E-state index in [1.165, 1.54) is 0 Å². The number of carbonyl (C=O) groups excluding carboxylic acids is 1. The van der Waals surface area contributed by atoms with E-state index in [1.54, 1.807) is 6.92 Å². The maximum atomic E-state index is 10.4. The summed E-state index contributed by atoms with van der Waals surface area (Å²) in [5.74, 6) is -0.528. The van der Waals surface area contributed by atoms with E-state index in [9.17, 15) is 4.79 Å². The van der Waals surface area contributed by atoms with Gasteiger partial charge >= 0.3 is 0 Å². The lowest BCUT2D eigenvalue weighted by atomic mass is 10.3. The van der Waals surface area contributed by atoms with Crippen LogP contribution in [-0.4, -0.2) is 22.6 Å². The van der Waals surface area contributed by atoms with Crippen LogP contribution in [0.1, 0.15) is 13.3 Å². The maximum Gasteiger partial charge on any atom is 0.281 e. The topological polar surface area (TPSA) is 76.0 Å². The largest absolute Gasteiger partial charge is 0.294 e. The molecule has 9 heavy (non-hydrogen) atoms. The molecule has 0 aliphatic heterocycles. The fourth-order valence-corrected chi connectivity index (χ4v) is 0.303. The minimum Gasteiger partial charge on any atom is -0.294 e. The minimum absolute atomic E-state index is 0.131. The standard InChI is InChI=1S/C4H8O5/c1-2-3(5)4(8-6)9-7/h4,6-7H,2H2,1H3. The summed E-state index contributed by atoms with van der Waals surface area (Å²) >= 11 is 0. The van der Waals surface area contributed by atoms with Crippen molar-refractivity contribution in [3.8, 4) is 0 Å². The first kappa shape index (κ1) is 8.51. The van der Waals surface area contributed by atoms with E-state index in [-0.39, 0.29) is 6.42 Å². The normalized spacial score (nSPS) is 10.2. The Labute approximate surface area is 51.7 Å². The minimum atomic E-state index is -1.56. The molecule has 0 aliphatic carbocycles. The van der Waals surface area contributed by atoms with Gasteiger partial charge in [0.1, 0.15) is 0 Å². The number of ketones is 1. The lowest BCUT2D eigenvalue weighted by Gasteiger charge is -2.04. The van der Waals surface area contributed by atoms with Gasteiger partial charge in [-0.25, -0.2) is 10.5 Å². The van der Waals surface area contributed by atoms with Gasteiger partial charge in [0.25, 0.3) is 6.29 Å². The van der Waals surface area contributed by atoms with Gasteiger partial charge in [0.2, 0.25) is 0 Å². The Morgan fingerprint density at radius 3 is 2.11 bits per heavy atom. The Kier molecular flexibility index (Phi) is 4.16. The summed E-state index contributed by atoms with van der Waals surface area (Å²) in [6.07, 6.45) is -1.43. The predicted molar refractivity (Wildman–Crippen MR) is 26.5 cm³/mol. The van der Waals surface area contributed by atoms with E-state index in [0.717, 1.165) is 0 Å². The van der Waals surface area contributed by atoms with Gasteiger partial charge in [-0.15, -0.1) is 0 Å². The average molecular weight is 136 g/mol. The van der Waals surface area contributed by atoms with Crippen molar-refractivity contribution in [2.24, 2.45) is 0 Å². The summed E-state index contributed by atoms with van der Waals surface area (Å²) in [5, 5.41) is 15.6. The molecule has 0 radical (unpaired) electrons. The highest BCUT2D eigenvalue weighted by Crippen LogP contribution is 1.94. The zero-order valence-corrected chi connectivity index (χ0v) is 4.90. The third-order valence-corrected chi connectivity index (χ3v) is 0.803. The Hall–Kier alpha value is -0.490. The Morgan fingerprint density at radius 1 is 1.56 bits per heavy atom. The summed E-state index contributed by atoms with van der Waals surface area (Å²) in [5.41, 5.74) is 0. The molecular formula is C4H8O5. The van der Waals surface area contributed by atoms with Crippen LogP contribution in [0.4, 0.5) is 0 Å². The molecule has 0 amide bonds. The Balaban J connectivity index is 3.64. The predicted octanol–water partition coefficient (Wildman–Crippen LogP) is 0.271. The van der Waals surface area contributed by atoms with Gasteiger partial charge in [0.15, 0.2) is 5.78 Å². The van der Waals surface area contributed by atoms with Gasteiger partial charge in [-0.05, 0) is 0 Å². The van der Waals surface area contributed by atoms with Crippen molar-refractivity contribution in [3.05, 3.63) is 0 Å². The van der Waals surface area contributed by atoms with Gasteiger partial charge < -0.3 is 0 Å². The summed E-state index contributed by atoms with van der Waals surface area (Å²) in [6, 6.07) is 0. The highest BCUT2D eigenvalue weighted by atomic mass is 17.2. The molecule has 0 fully saturated rings. The molecule has 0 aromatic rings. The van der Waals surface area contributed by atoms with E-state index in [2.05, 4.69) is 9.78 Å². The van der Waals surface area contributed by atoms with Crippen LogP contribution in [-0.2, 0) is 14.6 Å². The summed E-state index contributed by atoms with van der Waals surface area (Å²) < 4.78 is 0. The van der Waals surface area contributed by atoms with Gasteiger partial charge in [0.05, 0.1) is 0 Å². The number of rotatable bonds is 4. The van der Waals surface area contributed by atoms with Crippen LogP contribution in [0.2, 0.25) is 0 Å². The number of hydrogen-bond acceptors (Lipinski definition) is 5. The van der Waals surface area contributed by atoms with Gasteiger partial charge in [-0.1, -0.05) is 6.92 Å². The second-order valence-corrected chi connectivity index (χ2v) is 1.36. The molecule has 0 unspecified atom stereocenters. The highest BCUT2D eigenvalue weighted by molar-refractivity contribution is 5.81. The molecule has 5 nitrogen and oxygen atoms in total. The van der Waals surface area contributed by atoms with E-state index in [0.29, 0.717) is 0 Å². The molecule has 54 valence electrons. The molecule has 0 aromatic carbocycles.